The van der Waals surface area contributed by atoms with E-state index in [0.717, 1.165) is 11.1 Å². The molecule has 0 heterocycles. The zero-order chi connectivity index (χ0) is 12.8. The standard InChI is InChI=1S/C16H10ClN/c17-16-10-8-14(9-11-16)15(12-18)7-6-13-4-2-1-3-5-13/h1-5,8-11,15H. The average molecular weight is 252 g/mol. The molecule has 0 fully saturated rings. The van der Waals surface area contributed by atoms with Crippen LogP contribution in [0.4, 0.5) is 0 Å². The van der Waals surface area contributed by atoms with Crippen molar-refractivity contribution in [3.8, 4) is 17.9 Å². The van der Waals surface area contributed by atoms with Gasteiger partial charge in [-0.05, 0) is 29.8 Å². The highest BCUT2D eigenvalue weighted by Gasteiger charge is 2.05. The quantitative estimate of drug-likeness (QED) is 0.703. The SMILES string of the molecule is N#CC(C#Cc1ccccc1)c1ccc(Cl)cc1. The van der Waals surface area contributed by atoms with Gasteiger partial charge in [-0.25, -0.2) is 0 Å². The lowest BCUT2D eigenvalue weighted by Gasteiger charge is -2.01. The molecular formula is C16H10ClN. The summed E-state index contributed by atoms with van der Waals surface area (Å²) in [5.41, 5.74) is 1.78. The van der Waals surface area contributed by atoms with Gasteiger partial charge < -0.3 is 0 Å². The molecule has 0 aromatic heterocycles. The third-order valence-electron chi connectivity index (χ3n) is 2.47. The van der Waals surface area contributed by atoms with Crippen molar-refractivity contribution in [3.05, 3.63) is 70.7 Å². The summed E-state index contributed by atoms with van der Waals surface area (Å²) in [4.78, 5) is 0. The van der Waals surface area contributed by atoms with E-state index in [4.69, 9.17) is 16.9 Å². The van der Waals surface area contributed by atoms with Gasteiger partial charge in [0.15, 0.2) is 0 Å². The minimum atomic E-state index is -0.428. The molecular weight excluding hydrogens is 242 g/mol. The predicted octanol–water partition coefficient (Wildman–Crippen LogP) is 4.00. The molecule has 0 aliphatic heterocycles. The van der Waals surface area contributed by atoms with Crippen molar-refractivity contribution in [2.75, 3.05) is 0 Å². The van der Waals surface area contributed by atoms with Gasteiger partial charge in [0.1, 0.15) is 5.92 Å². The van der Waals surface area contributed by atoms with Gasteiger partial charge in [0, 0.05) is 10.6 Å². The van der Waals surface area contributed by atoms with Crippen molar-refractivity contribution in [3.63, 3.8) is 0 Å². The molecule has 0 amide bonds. The smallest absolute Gasteiger partial charge is 0.132 e. The van der Waals surface area contributed by atoms with Crippen molar-refractivity contribution < 1.29 is 0 Å². The summed E-state index contributed by atoms with van der Waals surface area (Å²) in [5, 5.41) is 9.80. The Morgan fingerprint density at radius 3 is 2.22 bits per heavy atom. The van der Waals surface area contributed by atoms with Gasteiger partial charge in [0.05, 0.1) is 6.07 Å². The summed E-state index contributed by atoms with van der Waals surface area (Å²) in [6.45, 7) is 0. The molecule has 18 heavy (non-hydrogen) atoms. The maximum absolute atomic E-state index is 9.14. The van der Waals surface area contributed by atoms with Crippen molar-refractivity contribution in [1.82, 2.24) is 0 Å². The predicted molar refractivity (Wildman–Crippen MR) is 73.1 cm³/mol. The summed E-state index contributed by atoms with van der Waals surface area (Å²) >= 11 is 5.81. The van der Waals surface area contributed by atoms with E-state index in [1.54, 1.807) is 12.1 Å². The van der Waals surface area contributed by atoms with Gasteiger partial charge in [-0.2, -0.15) is 5.26 Å². The third kappa shape index (κ3) is 3.14. The summed E-state index contributed by atoms with van der Waals surface area (Å²) in [5.74, 6) is 5.54. The summed E-state index contributed by atoms with van der Waals surface area (Å²) in [7, 11) is 0. The lowest BCUT2D eigenvalue weighted by Crippen LogP contribution is -1.91. The number of halogens is 1. The van der Waals surface area contributed by atoms with Crippen LogP contribution in [0.15, 0.2) is 54.6 Å². The number of nitriles is 1. The van der Waals surface area contributed by atoms with Crippen molar-refractivity contribution in [2.24, 2.45) is 0 Å². The van der Waals surface area contributed by atoms with Gasteiger partial charge >= 0.3 is 0 Å². The molecule has 86 valence electrons. The van der Waals surface area contributed by atoms with E-state index in [0.29, 0.717) is 5.02 Å². The van der Waals surface area contributed by atoms with E-state index in [-0.39, 0.29) is 0 Å². The summed E-state index contributed by atoms with van der Waals surface area (Å²) < 4.78 is 0. The second-order valence-corrected chi connectivity index (χ2v) is 4.19. The zero-order valence-electron chi connectivity index (χ0n) is 9.60. The number of hydrogen-bond acceptors (Lipinski definition) is 1. The second-order valence-electron chi connectivity index (χ2n) is 3.75. The molecule has 0 radical (unpaired) electrons. The fourth-order valence-electron chi connectivity index (χ4n) is 1.52. The van der Waals surface area contributed by atoms with Gasteiger partial charge in [-0.3, -0.25) is 0 Å². The van der Waals surface area contributed by atoms with Crippen molar-refractivity contribution in [2.45, 2.75) is 5.92 Å². The van der Waals surface area contributed by atoms with Crippen LogP contribution in [0.25, 0.3) is 0 Å². The average Bonchev–Trinajstić information content (AvgIpc) is 2.42. The fraction of sp³-hybridized carbons (Fsp3) is 0.0625. The molecule has 2 heteroatoms. The molecule has 1 unspecified atom stereocenters. The van der Waals surface area contributed by atoms with Crippen LogP contribution < -0.4 is 0 Å². The number of benzene rings is 2. The van der Waals surface area contributed by atoms with Gasteiger partial charge in [0.25, 0.3) is 0 Å². The maximum atomic E-state index is 9.14. The summed E-state index contributed by atoms with van der Waals surface area (Å²) in [6, 6.07) is 19.0. The summed E-state index contributed by atoms with van der Waals surface area (Å²) in [6.07, 6.45) is 0. The largest absolute Gasteiger partial charge is 0.197 e. The number of hydrogen-bond donors (Lipinski definition) is 0. The van der Waals surface area contributed by atoms with Crippen molar-refractivity contribution in [1.29, 1.82) is 5.26 Å². The third-order valence-corrected chi connectivity index (χ3v) is 2.72. The van der Waals surface area contributed by atoms with Crippen LogP contribution >= 0.6 is 11.6 Å². The monoisotopic (exact) mass is 251 g/mol. The van der Waals surface area contributed by atoms with Crippen LogP contribution in [-0.2, 0) is 0 Å². The maximum Gasteiger partial charge on any atom is 0.132 e. The van der Waals surface area contributed by atoms with E-state index in [1.165, 1.54) is 0 Å². The Morgan fingerprint density at radius 2 is 1.61 bits per heavy atom. The van der Waals surface area contributed by atoms with Crippen molar-refractivity contribution >= 4 is 11.6 Å². The Labute approximate surface area is 112 Å². The van der Waals surface area contributed by atoms with E-state index in [1.807, 2.05) is 42.5 Å². The Balaban J connectivity index is 2.24. The molecule has 1 atom stereocenters. The molecule has 2 aromatic rings. The van der Waals surface area contributed by atoms with Gasteiger partial charge in [-0.15, -0.1) is 0 Å². The first-order valence-corrected chi connectivity index (χ1v) is 5.89. The van der Waals surface area contributed by atoms with E-state index >= 15 is 0 Å². The Morgan fingerprint density at radius 1 is 0.944 bits per heavy atom. The normalized spacial score (nSPS) is 10.9. The molecule has 0 spiro atoms. The van der Waals surface area contributed by atoms with Crippen LogP contribution in [-0.4, -0.2) is 0 Å². The van der Waals surface area contributed by atoms with Crippen LogP contribution in [0, 0.1) is 23.2 Å². The Bertz CT molecular complexity index is 612. The first-order chi connectivity index (χ1) is 8.79. The highest BCUT2D eigenvalue weighted by Crippen LogP contribution is 2.17. The minimum Gasteiger partial charge on any atom is -0.197 e. The molecule has 2 rings (SSSR count). The molecule has 0 bridgehead atoms. The first-order valence-electron chi connectivity index (χ1n) is 5.51. The van der Waals surface area contributed by atoms with Crippen LogP contribution in [0.5, 0.6) is 0 Å². The van der Waals surface area contributed by atoms with Gasteiger partial charge in [0.2, 0.25) is 0 Å². The Hall–Kier alpha value is -2.22. The van der Waals surface area contributed by atoms with Crippen LogP contribution in [0.2, 0.25) is 5.02 Å². The molecule has 2 aromatic carbocycles. The van der Waals surface area contributed by atoms with E-state index in [9.17, 15) is 0 Å². The second kappa shape index (κ2) is 5.92. The molecule has 0 aliphatic carbocycles. The molecule has 1 nitrogen and oxygen atoms in total. The lowest BCUT2D eigenvalue weighted by atomic mass is 10.0. The highest BCUT2D eigenvalue weighted by molar-refractivity contribution is 6.30. The highest BCUT2D eigenvalue weighted by atomic mass is 35.5. The number of nitrogens with zero attached hydrogens (tertiary/aromatic N) is 1. The van der Waals surface area contributed by atoms with Crippen LogP contribution in [0.3, 0.4) is 0 Å². The molecule has 0 saturated carbocycles. The molecule has 0 N–H and O–H groups in total. The first kappa shape index (κ1) is 12.2. The Kier molecular flexibility index (Phi) is 4.02. The zero-order valence-corrected chi connectivity index (χ0v) is 10.4. The lowest BCUT2D eigenvalue weighted by molar-refractivity contribution is 1.13. The van der Waals surface area contributed by atoms with E-state index < -0.39 is 5.92 Å². The van der Waals surface area contributed by atoms with Gasteiger partial charge in [-0.1, -0.05) is 53.8 Å². The molecule has 0 saturated heterocycles. The topological polar surface area (TPSA) is 23.8 Å². The minimum absolute atomic E-state index is 0.428. The number of rotatable bonds is 1. The molecule has 0 aliphatic rings. The van der Waals surface area contributed by atoms with Crippen LogP contribution in [0.1, 0.15) is 17.0 Å². The van der Waals surface area contributed by atoms with E-state index in [2.05, 4.69) is 17.9 Å². The fourth-order valence-corrected chi connectivity index (χ4v) is 1.65.